The van der Waals surface area contributed by atoms with Gasteiger partial charge in [0.05, 0.1) is 0 Å². The molecule has 1 N–H and O–H groups in total. The Labute approximate surface area is 156 Å². The summed E-state index contributed by atoms with van der Waals surface area (Å²) in [6.07, 6.45) is 0. The van der Waals surface area contributed by atoms with Crippen molar-refractivity contribution in [2.24, 2.45) is 0 Å². The number of rotatable bonds is 2. The molecule has 2 aromatic heterocycles. The first-order valence-electron chi connectivity index (χ1n) is 8.52. The first kappa shape index (κ1) is 15.2. The molecular formula is C23H15ClN2. The van der Waals surface area contributed by atoms with Crippen LogP contribution in [0.5, 0.6) is 0 Å². The minimum Gasteiger partial charge on any atom is -0.339 e. The number of hydrogen-bond acceptors (Lipinski definition) is 1. The molecule has 2 nitrogen and oxygen atoms in total. The van der Waals surface area contributed by atoms with Crippen LogP contribution in [-0.2, 0) is 0 Å². The molecule has 5 aromatic rings. The molecule has 0 spiro atoms. The zero-order chi connectivity index (χ0) is 17.5. The zero-order valence-electron chi connectivity index (χ0n) is 13.9. The molecular weight excluding hydrogens is 340 g/mol. The van der Waals surface area contributed by atoms with Crippen LogP contribution < -0.4 is 0 Å². The number of fused-ring (bicyclic) bond motifs is 3. The summed E-state index contributed by atoms with van der Waals surface area (Å²) in [6, 6.07) is 29.4. The van der Waals surface area contributed by atoms with Crippen molar-refractivity contribution in [3.05, 3.63) is 90.1 Å². The van der Waals surface area contributed by atoms with Crippen molar-refractivity contribution in [3.8, 4) is 22.3 Å². The van der Waals surface area contributed by atoms with E-state index in [0.717, 1.165) is 21.9 Å². The summed E-state index contributed by atoms with van der Waals surface area (Å²) in [4.78, 5) is 7.70. The van der Waals surface area contributed by atoms with Crippen molar-refractivity contribution in [2.45, 2.75) is 0 Å². The van der Waals surface area contributed by atoms with Crippen molar-refractivity contribution < 1.29 is 0 Å². The van der Waals surface area contributed by atoms with Crippen LogP contribution >= 0.6 is 11.6 Å². The smallest absolute Gasteiger partial charge is 0.140 e. The molecule has 0 fully saturated rings. The Morgan fingerprint density at radius 3 is 2.04 bits per heavy atom. The topological polar surface area (TPSA) is 28.7 Å². The largest absolute Gasteiger partial charge is 0.339 e. The second kappa shape index (κ2) is 6.01. The lowest BCUT2D eigenvalue weighted by atomic mass is 9.99. The molecule has 0 aliphatic heterocycles. The van der Waals surface area contributed by atoms with Crippen LogP contribution in [0.25, 0.3) is 44.2 Å². The van der Waals surface area contributed by atoms with Crippen molar-refractivity contribution >= 4 is 33.5 Å². The predicted molar refractivity (Wildman–Crippen MR) is 109 cm³/mol. The van der Waals surface area contributed by atoms with Crippen LogP contribution in [0, 0.1) is 0 Å². The fraction of sp³-hybridized carbons (Fsp3) is 0. The van der Waals surface area contributed by atoms with E-state index in [1.165, 1.54) is 22.3 Å². The Morgan fingerprint density at radius 1 is 0.615 bits per heavy atom. The van der Waals surface area contributed by atoms with Gasteiger partial charge in [0, 0.05) is 16.3 Å². The number of benzene rings is 3. The van der Waals surface area contributed by atoms with Crippen molar-refractivity contribution in [1.82, 2.24) is 9.97 Å². The maximum Gasteiger partial charge on any atom is 0.140 e. The van der Waals surface area contributed by atoms with Gasteiger partial charge in [0.25, 0.3) is 0 Å². The van der Waals surface area contributed by atoms with E-state index in [-0.39, 0.29) is 0 Å². The number of hydrogen-bond donors (Lipinski definition) is 1. The lowest BCUT2D eigenvalue weighted by Gasteiger charge is -2.05. The number of nitrogens with zero attached hydrogens (tertiary/aromatic N) is 1. The van der Waals surface area contributed by atoms with Crippen LogP contribution in [0.3, 0.4) is 0 Å². The second-order valence-electron chi connectivity index (χ2n) is 6.36. The van der Waals surface area contributed by atoms with Gasteiger partial charge in [-0.3, -0.25) is 0 Å². The van der Waals surface area contributed by atoms with Gasteiger partial charge in [0.2, 0.25) is 0 Å². The van der Waals surface area contributed by atoms with Gasteiger partial charge in [-0.05, 0) is 46.5 Å². The third-order valence-electron chi connectivity index (χ3n) is 4.75. The Morgan fingerprint density at radius 2 is 1.27 bits per heavy atom. The van der Waals surface area contributed by atoms with Crippen LogP contribution in [0.1, 0.15) is 0 Å². The van der Waals surface area contributed by atoms with Crippen molar-refractivity contribution in [3.63, 3.8) is 0 Å². The van der Waals surface area contributed by atoms with Gasteiger partial charge in [-0.15, -0.1) is 0 Å². The lowest BCUT2D eigenvalue weighted by molar-refractivity contribution is 1.35. The molecule has 2 heterocycles. The van der Waals surface area contributed by atoms with Crippen LogP contribution in [0.4, 0.5) is 0 Å². The van der Waals surface area contributed by atoms with E-state index in [1.54, 1.807) is 0 Å². The molecule has 0 aliphatic carbocycles. The Kier molecular flexibility index (Phi) is 3.51. The average molecular weight is 355 g/mol. The predicted octanol–water partition coefficient (Wildman–Crippen LogP) is 6.70. The summed E-state index contributed by atoms with van der Waals surface area (Å²) in [7, 11) is 0. The first-order chi connectivity index (χ1) is 12.8. The Balaban J connectivity index is 1.59. The van der Waals surface area contributed by atoms with E-state index >= 15 is 0 Å². The summed E-state index contributed by atoms with van der Waals surface area (Å²) < 4.78 is 0. The van der Waals surface area contributed by atoms with Crippen molar-refractivity contribution in [1.29, 1.82) is 0 Å². The van der Waals surface area contributed by atoms with Gasteiger partial charge < -0.3 is 4.98 Å². The highest BCUT2D eigenvalue weighted by molar-refractivity contribution is 6.30. The molecule has 0 radical (unpaired) electrons. The molecule has 0 amide bonds. The second-order valence-corrected chi connectivity index (χ2v) is 6.75. The minimum atomic E-state index is 0.501. The Hall–Kier alpha value is -3.10. The van der Waals surface area contributed by atoms with Crippen LogP contribution in [0.15, 0.2) is 84.9 Å². The third-order valence-corrected chi connectivity index (χ3v) is 4.96. The molecule has 0 saturated carbocycles. The normalized spacial score (nSPS) is 11.3. The number of aromatic amines is 1. The molecule has 0 unspecified atom stereocenters. The van der Waals surface area contributed by atoms with Gasteiger partial charge >= 0.3 is 0 Å². The highest BCUT2D eigenvalue weighted by Crippen LogP contribution is 2.31. The van der Waals surface area contributed by atoms with E-state index in [2.05, 4.69) is 76.7 Å². The molecule has 0 saturated heterocycles. The molecule has 26 heavy (non-hydrogen) atoms. The van der Waals surface area contributed by atoms with Crippen LogP contribution in [-0.4, -0.2) is 9.97 Å². The number of aromatic nitrogens is 2. The van der Waals surface area contributed by atoms with E-state index in [0.29, 0.717) is 5.15 Å². The fourth-order valence-corrected chi connectivity index (χ4v) is 3.56. The van der Waals surface area contributed by atoms with Crippen LogP contribution in [0.2, 0.25) is 5.15 Å². The summed E-state index contributed by atoms with van der Waals surface area (Å²) in [5.74, 6) is 0. The molecule has 0 atom stereocenters. The summed E-state index contributed by atoms with van der Waals surface area (Å²) in [5, 5.41) is 2.75. The monoisotopic (exact) mass is 354 g/mol. The summed E-state index contributed by atoms with van der Waals surface area (Å²) >= 11 is 6.01. The molecule has 3 heteroatoms. The van der Waals surface area contributed by atoms with Gasteiger partial charge in [0.1, 0.15) is 10.8 Å². The number of nitrogens with one attached hydrogen (secondary N) is 1. The highest BCUT2D eigenvalue weighted by Gasteiger charge is 2.08. The van der Waals surface area contributed by atoms with Gasteiger partial charge in [-0.2, -0.15) is 0 Å². The Bertz CT molecular complexity index is 1220. The van der Waals surface area contributed by atoms with Gasteiger partial charge in [-0.1, -0.05) is 72.3 Å². The molecule has 0 bridgehead atoms. The highest BCUT2D eigenvalue weighted by atomic mass is 35.5. The minimum absolute atomic E-state index is 0.501. The lowest BCUT2D eigenvalue weighted by Crippen LogP contribution is -1.80. The first-order valence-corrected chi connectivity index (χ1v) is 8.89. The third kappa shape index (κ3) is 2.56. The average Bonchev–Trinajstić information content (AvgIpc) is 3.05. The molecule has 0 aliphatic rings. The van der Waals surface area contributed by atoms with Gasteiger partial charge in [-0.25, -0.2) is 4.98 Å². The van der Waals surface area contributed by atoms with E-state index in [4.69, 9.17) is 11.6 Å². The fourth-order valence-electron chi connectivity index (χ4n) is 3.42. The number of halogens is 1. The molecule has 124 valence electrons. The zero-order valence-corrected chi connectivity index (χ0v) is 14.7. The maximum atomic E-state index is 6.01. The van der Waals surface area contributed by atoms with Crippen molar-refractivity contribution in [2.75, 3.05) is 0 Å². The maximum absolute atomic E-state index is 6.01. The molecule has 5 rings (SSSR count). The SMILES string of the molecule is Clc1ccc2c(n1)[nH]c1ccc(-c3ccc(-c4ccccc4)cc3)cc12. The van der Waals surface area contributed by atoms with Gasteiger partial charge in [0.15, 0.2) is 0 Å². The van der Waals surface area contributed by atoms with E-state index < -0.39 is 0 Å². The van der Waals surface area contributed by atoms with E-state index in [1.807, 2.05) is 18.2 Å². The summed E-state index contributed by atoms with van der Waals surface area (Å²) in [5.41, 5.74) is 6.73. The number of H-pyrrole nitrogens is 1. The standard InChI is InChI=1S/C23H15ClN2/c24-22-13-11-19-20-14-18(10-12-21(20)25-23(19)26-22)17-8-6-16(7-9-17)15-4-2-1-3-5-15/h1-14H,(H,25,26). The molecule has 3 aromatic carbocycles. The summed E-state index contributed by atoms with van der Waals surface area (Å²) in [6.45, 7) is 0. The number of pyridine rings is 1. The van der Waals surface area contributed by atoms with E-state index in [9.17, 15) is 0 Å². The quantitative estimate of drug-likeness (QED) is 0.351.